The number of carbonyl (C=O) groups is 1. The SMILES string of the molecule is CNS(=O)(=O)c1cc(-c2nn(-c3ccccc3)c(NC(=O)N[C@@H]3C[C@@H](CCOC)C[C@H]3C)c2C)cn(C)c1=O. The summed E-state index contributed by atoms with van der Waals surface area (Å²) in [5.74, 6) is 1.29. The zero-order chi connectivity index (χ0) is 28.3. The van der Waals surface area contributed by atoms with Crippen molar-refractivity contribution in [3.8, 4) is 16.9 Å². The molecule has 39 heavy (non-hydrogen) atoms. The molecule has 210 valence electrons. The number of hydrogen-bond donors (Lipinski definition) is 3. The Morgan fingerprint density at radius 2 is 1.92 bits per heavy atom. The molecule has 1 saturated carbocycles. The lowest BCUT2D eigenvalue weighted by atomic mass is 10.0. The van der Waals surface area contributed by atoms with Gasteiger partial charge in [0.05, 0.1) is 11.4 Å². The normalized spacial score (nSPS) is 19.3. The molecule has 4 rings (SSSR count). The van der Waals surface area contributed by atoms with E-state index in [1.165, 1.54) is 30.9 Å². The van der Waals surface area contributed by atoms with Crippen LogP contribution in [0.1, 0.15) is 31.7 Å². The number of sulfonamides is 1. The first kappa shape index (κ1) is 28.5. The summed E-state index contributed by atoms with van der Waals surface area (Å²) in [6.07, 6.45) is 4.42. The Balaban J connectivity index is 1.70. The van der Waals surface area contributed by atoms with Crippen molar-refractivity contribution in [3.05, 3.63) is 58.5 Å². The van der Waals surface area contributed by atoms with Crippen LogP contribution in [-0.4, -0.2) is 55.6 Å². The highest BCUT2D eigenvalue weighted by molar-refractivity contribution is 7.89. The zero-order valence-corrected chi connectivity index (χ0v) is 23.7. The summed E-state index contributed by atoms with van der Waals surface area (Å²) < 4.78 is 35.3. The lowest BCUT2D eigenvalue weighted by Crippen LogP contribution is -2.40. The van der Waals surface area contributed by atoms with Crippen LogP contribution in [0.25, 0.3) is 16.9 Å². The second-order valence-electron chi connectivity index (χ2n) is 10.1. The summed E-state index contributed by atoms with van der Waals surface area (Å²) in [6.45, 7) is 4.65. The summed E-state index contributed by atoms with van der Waals surface area (Å²) >= 11 is 0. The summed E-state index contributed by atoms with van der Waals surface area (Å²) in [6, 6.07) is 10.3. The van der Waals surface area contributed by atoms with Crippen LogP contribution in [0.3, 0.4) is 0 Å². The molecule has 3 aromatic rings. The maximum absolute atomic E-state index is 13.2. The molecule has 11 nitrogen and oxygen atoms in total. The van der Waals surface area contributed by atoms with E-state index in [9.17, 15) is 18.0 Å². The molecule has 1 aliphatic carbocycles. The van der Waals surface area contributed by atoms with Gasteiger partial charge in [0.1, 0.15) is 10.7 Å². The Morgan fingerprint density at radius 3 is 2.59 bits per heavy atom. The standard InChI is InChI=1S/C27H36N6O5S/c1-17-13-19(11-12-38-5)14-22(17)29-27(35)30-25-18(2)24(31-33(25)21-9-7-6-8-10-21)20-15-23(39(36,37)28-3)26(34)32(4)16-20/h6-10,15-17,19,22,28H,11-14H2,1-5H3,(H2,29,30,35)/t17-,19+,22-/m1/s1. The number of methoxy groups -OCH3 is 1. The summed E-state index contributed by atoms with van der Waals surface area (Å²) in [5, 5.41) is 10.9. The van der Waals surface area contributed by atoms with Gasteiger partial charge in [-0.25, -0.2) is 22.6 Å². The fraction of sp³-hybridized carbons (Fsp3) is 0.444. The Kier molecular flexibility index (Phi) is 8.57. The molecule has 0 unspecified atom stereocenters. The van der Waals surface area contributed by atoms with Crippen LogP contribution in [0.15, 0.2) is 52.3 Å². The van der Waals surface area contributed by atoms with E-state index in [2.05, 4.69) is 22.3 Å². The van der Waals surface area contributed by atoms with Crippen molar-refractivity contribution in [1.29, 1.82) is 0 Å². The van der Waals surface area contributed by atoms with Crippen molar-refractivity contribution in [2.45, 2.75) is 44.0 Å². The number of nitrogens with zero attached hydrogens (tertiary/aromatic N) is 3. The minimum absolute atomic E-state index is 0.0395. The predicted octanol–water partition coefficient (Wildman–Crippen LogP) is 3.03. The van der Waals surface area contributed by atoms with Crippen molar-refractivity contribution in [1.82, 2.24) is 24.4 Å². The molecule has 2 aromatic heterocycles. The van der Waals surface area contributed by atoms with Gasteiger partial charge in [-0.1, -0.05) is 25.1 Å². The average Bonchev–Trinajstić information content (AvgIpc) is 3.43. The number of nitrogens with one attached hydrogen (secondary N) is 3. The molecule has 0 bridgehead atoms. The fourth-order valence-electron chi connectivity index (χ4n) is 5.20. The minimum Gasteiger partial charge on any atom is -0.385 e. The van der Waals surface area contributed by atoms with E-state index in [1.807, 2.05) is 30.3 Å². The molecule has 0 radical (unpaired) electrons. The van der Waals surface area contributed by atoms with Gasteiger partial charge >= 0.3 is 6.03 Å². The summed E-state index contributed by atoms with van der Waals surface area (Å²) in [7, 11) is 0.432. The third-order valence-corrected chi connectivity index (χ3v) is 8.77. The second-order valence-corrected chi connectivity index (χ2v) is 11.9. The van der Waals surface area contributed by atoms with E-state index < -0.39 is 15.6 Å². The first-order valence-electron chi connectivity index (χ1n) is 12.9. The molecular formula is C27H36N6O5S. The minimum atomic E-state index is -4.00. The van der Waals surface area contributed by atoms with Crippen molar-refractivity contribution >= 4 is 21.9 Å². The molecule has 3 atom stereocenters. The number of para-hydroxylation sites is 1. The van der Waals surface area contributed by atoms with Gasteiger partial charge in [0, 0.05) is 44.1 Å². The number of hydrogen-bond acceptors (Lipinski definition) is 6. The van der Waals surface area contributed by atoms with Gasteiger partial charge in [-0.2, -0.15) is 5.10 Å². The number of pyridine rings is 1. The third kappa shape index (κ3) is 6.07. The van der Waals surface area contributed by atoms with Gasteiger partial charge in [0.15, 0.2) is 0 Å². The number of carbonyl (C=O) groups excluding carboxylic acids is 1. The third-order valence-electron chi connectivity index (χ3n) is 7.36. The molecule has 1 aromatic carbocycles. The van der Waals surface area contributed by atoms with Crippen LogP contribution >= 0.6 is 0 Å². The number of benzene rings is 1. The molecule has 2 amide bonds. The van der Waals surface area contributed by atoms with Crippen molar-refractivity contribution in [2.24, 2.45) is 18.9 Å². The highest BCUT2D eigenvalue weighted by Gasteiger charge is 2.32. The van der Waals surface area contributed by atoms with Crippen LogP contribution < -0.4 is 20.9 Å². The van der Waals surface area contributed by atoms with E-state index in [-0.39, 0.29) is 17.0 Å². The van der Waals surface area contributed by atoms with Crippen molar-refractivity contribution in [2.75, 3.05) is 26.1 Å². The molecule has 1 fully saturated rings. The number of aromatic nitrogens is 3. The van der Waals surface area contributed by atoms with Crippen LogP contribution in [0.5, 0.6) is 0 Å². The Bertz CT molecular complexity index is 1500. The summed E-state index contributed by atoms with van der Waals surface area (Å²) in [4.78, 5) is 25.4. The molecule has 12 heteroatoms. The van der Waals surface area contributed by atoms with Gasteiger partial charge < -0.3 is 14.6 Å². The van der Waals surface area contributed by atoms with Crippen LogP contribution in [0, 0.1) is 18.8 Å². The van der Waals surface area contributed by atoms with E-state index in [0.717, 1.165) is 19.3 Å². The van der Waals surface area contributed by atoms with Gasteiger partial charge in [-0.05, 0) is 63.3 Å². The Labute approximate surface area is 228 Å². The number of rotatable bonds is 9. The van der Waals surface area contributed by atoms with E-state index in [1.54, 1.807) is 18.7 Å². The fourth-order valence-corrected chi connectivity index (χ4v) is 6.07. The number of amides is 2. The number of aryl methyl sites for hydroxylation is 1. The lowest BCUT2D eigenvalue weighted by Gasteiger charge is -2.18. The zero-order valence-electron chi connectivity index (χ0n) is 22.9. The smallest absolute Gasteiger partial charge is 0.320 e. The topological polar surface area (TPSA) is 136 Å². The van der Waals surface area contributed by atoms with Crippen LogP contribution in [0.2, 0.25) is 0 Å². The van der Waals surface area contributed by atoms with Gasteiger partial charge in [0.2, 0.25) is 10.0 Å². The van der Waals surface area contributed by atoms with E-state index in [4.69, 9.17) is 9.84 Å². The van der Waals surface area contributed by atoms with Crippen molar-refractivity contribution in [3.63, 3.8) is 0 Å². The molecule has 0 saturated heterocycles. The Morgan fingerprint density at radius 1 is 1.21 bits per heavy atom. The second kappa shape index (κ2) is 11.7. The first-order chi connectivity index (χ1) is 18.6. The average molecular weight is 557 g/mol. The van der Waals surface area contributed by atoms with Gasteiger partial charge in [-0.15, -0.1) is 0 Å². The predicted molar refractivity (Wildman–Crippen MR) is 150 cm³/mol. The summed E-state index contributed by atoms with van der Waals surface area (Å²) in [5.41, 5.74) is 1.54. The van der Waals surface area contributed by atoms with Crippen LogP contribution in [0.4, 0.5) is 10.6 Å². The lowest BCUT2D eigenvalue weighted by molar-refractivity contribution is 0.177. The molecular weight excluding hydrogens is 520 g/mol. The molecule has 1 aliphatic rings. The first-order valence-corrected chi connectivity index (χ1v) is 14.4. The van der Waals surface area contributed by atoms with E-state index in [0.29, 0.717) is 46.8 Å². The molecule has 0 spiro atoms. The maximum Gasteiger partial charge on any atom is 0.320 e. The van der Waals surface area contributed by atoms with Crippen molar-refractivity contribution < 1.29 is 17.9 Å². The van der Waals surface area contributed by atoms with Crippen LogP contribution in [-0.2, 0) is 21.8 Å². The Hall–Kier alpha value is -3.48. The molecule has 3 N–H and O–H groups in total. The van der Waals surface area contributed by atoms with Gasteiger partial charge in [-0.3, -0.25) is 10.1 Å². The quantitative estimate of drug-likeness (QED) is 0.371. The number of anilines is 1. The number of urea groups is 1. The van der Waals surface area contributed by atoms with E-state index >= 15 is 0 Å². The molecule has 2 heterocycles. The maximum atomic E-state index is 13.2. The molecule has 0 aliphatic heterocycles. The monoisotopic (exact) mass is 556 g/mol. The largest absolute Gasteiger partial charge is 0.385 e. The van der Waals surface area contributed by atoms with Gasteiger partial charge in [0.25, 0.3) is 5.56 Å². The highest BCUT2D eigenvalue weighted by Crippen LogP contribution is 2.34. The highest BCUT2D eigenvalue weighted by atomic mass is 32.2. The number of ether oxygens (including phenoxy) is 1.